The molecule has 0 saturated carbocycles. The summed E-state index contributed by atoms with van der Waals surface area (Å²) in [6.07, 6.45) is 2.62. The lowest BCUT2D eigenvalue weighted by atomic mass is 9.94. The molecule has 2 aromatic rings. The number of fused-ring (bicyclic) bond motifs is 1. The third kappa shape index (κ3) is 4.36. The molecule has 1 aromatic heterocycles. The summed E-state index contributed by atoms with van der Waals surface area (Å²) in [7, 11) is 3.77. The minimum Gasteiger partial charge on any atom is -0.369 e. The van der Waals surface area contributed by atoms with Gasteiger partial charge < -0.3 is 20.9 Å². The summed E-state index contributed by atoms with van der Waals surface area (Å²) in [6.45, 7) is 4.18. The first-order valence-electron chi connectivity index (χ1n) is 9.21. The Kier molecular flexibility index (Phi) is 5.60. The zero-order valence-electron chi connectivity index (χ0n) is 16.1. The van der Waals surface area contributed by atoms with Crippen LogP contribution in [0.4, 0.5) is 5.69 Å². The van der Waals surface area contributed by atoms with Crippen LogP contribution in [0.3, 0.4) is 0 Å². The van der Waals surface area contributed by atoms with Gasteiger partial charge in [-0.3, -0.25) is 14.6 Å². The van der Waals surface area contributed by atoms with Gasteiger partial charge in [-0.2, -0.15) is 0 Å². The van der Waals surface area contributed by atoms with Crippen LogP contribution in [0.5, 0.6) is 0 Å². The molecule has 0 aliphatic carbocycles. The predicted octanol–water partition coefficient (Wildman–Crippen LogP) is 1.23. The molecule has 1 aliphatic heterocycles. The second-order valence-electron chi connectivity index (χ2n) is 7.64. The Hall–Kier alpha value is -2.67. The van der Waals surface area contributed by atoms with E-state index in [1.807, 2.05) is 37.2 Å². The van der Waals surface area contributed by atoms with Crippen molar-refractivity contribution in [1.29, 1.82) is 0 Å². The van der Waals surface area contributed by atoms with Crippen molar-refractivity contribution in [2.24, 2.45) is 11.7 Å². The maximum absolute atomic E-state index is 12.2. The topological polar surface area (TPSA) is 91.6 Å². The summed E-state index contributed by atoms with van der Waals surface area (Å²) in [6, 6.07) is 7.58. The van der Waals surface area contributed by atoms with Crippen LogP contribution in [0.15, 0.2) is 30.5 Å². The maximum atomic E-state index is 12.2. The molecule has 2 unspecified atom stereocenters. The van der Waals surface area contributed by atoms with Gasteiger partial charge in [0.25, 0.3) is 5.91 Å². The molecule has 0 bridgehead atoms. The van der Waals surface area contributed by atoms with Gasteiger partial charge >= 0.3 is 0 Å². The Bertz CT molecular complexity index is 851. The highest BCUT2D eigenvalue weighted by Gasteiger charge is 2.27. The lowest BCUT2D eigenvalue weighted by Gasteiger charge is -2.39. The molecule has 2 heterocycles. The number of hydrogen-bond donors (Lipinski definition) is 2. The third-order valence-electron chi connectivity index (χ3n) is 4.84. The van der Waals surface area contributed by atoms with Gasteiger partial charge in [0.05, 0.1) is 17.6 Å². The molecule has 7 heteroatoms. The van der Waals surface area contributed by atoms with Gasteiger partial charge in [0.1, 0.15) is 0 Å². The van der Waals surface area contributed by atoms with Crippen LogP contribution in [0.1, 0.15) is 23.7 Å². The fourth-order valence-corrected chi connectivity index (χ4v) is 3.85. The molecule has 3 rings (SSSR count). The van der Waals surface area contributed by atoms with Gasteiger partial charge in [0, 0.05) is 36.4 Å². The van der Waals surface area contributed by atoms with Gasteiger partial charge in [0.15, 0.2) is 0 Å². The van der Waals surface area contributed by atoms with Crippen LogP contribution < -0.4 is 16.0 Å². The van der Waals surface area contributed by atoms with E-state index in [1.165, 1.54) is 0 Å². The number of amides is 2. The number of aromatic nitrogens is 1. The molecule has 27 heavy (non-hydrogen) atoms. The molecule has 2 amide bonds. The van der Waals surface area contributed by atoms with Crippen molar-refractivity contribution in [2.75, 3.05) is 38.6 Å². The van der Waals surface area contributed by atoms with Crippen molar-refractivity contribution < 1.29 is 9.59 Å². The summed E-state index contributed by atoms with van der Waals surface area (Å²) < 4.78 is 0. The number of rotatable bonds is 5. The summed E-state index contributed by atoms with van der Waals surface area (Å²) in [5.74, 6) is -0.00770. The van der Waals surface area contributed by atoms with E-state index in [0.717, 1.165) is 30.6 Å². The van der Waals surface area contributed by atoms with E-state index >= 15 is 0 Å². The molecule has 7 nitrogen and oxygen atoms in total. The highest BCUT2D eigenvalue weighted by atomic mass is 16.2. The lowest BCUT2D eigenvalue weighted by Crippen LogP contribution is -2.51. The second kappa shape index (κ2) is 7.92. The number of nitrogens with zero attached hydrogens (tertiary/aromatic N) is 3. The van der Waals surface area contributed by atoms with Crippen LogP contribution in [0.25, 0.3) is 10.9 Å². The maximum Gasteiger partial charge on any atom is 0.250 e. The van der Waals surface area contributed by atoms with Crippen molar-refractivity contribution in [1.82, 2.24) is 15.2 Å². The van der Waals surface area contributed by atoms with E-state index < -0.39 is 5.91 Å². The number of primary amides is 1. The van der Waals surface area contributed by atoms with Gasteiger partial charge in [-0.15, -0.1) is 0 Å². The Morgan fingerprint density at radius 1 is 1.30 bits per heavy atom. The minimum absolute atomic E-state index is 0.0367. The summed E-state index contributed by atoms with van der Waals surface area (Å²) in [5, 5.41) is 4.05. The van der Waals surface area contributed by atoms with Crippen molar-refractivity contribution in [3.8, 4) is 0 Å². The van der Waals surface area contributed by atoms with E-state index in [0.29, 0.717) is 23.5 Å². The van der Waals surface area contributed by atoms with E-state index in [2.05, 4.69) is 22.1 Å². The molecule has 1 aromatic carbocycles. The molecule has 144 valence electrons. The summed E-state index contributed by atoms with van der Waals surface area (Å²) >= 11 is 0. The molecule has 1 fully saturated rings. The van der Waals surface area contributed by atoms with Crippen LogP contribution in [0, 0.1) is 5.92 Å². The molecule has 0 spiro atoms. The number of hydrogen-bond acceptors (Lipinski definition) is 5. The number of nitrogens with one attached hydrogen (secondary N) is 1. The number of carbonyl (C=O) groups excluding carboxylic acids is 2. The quantitative estimate of drug-likeness (QED) is 0.827. The van der Waals surface area contributed by atoms with E-state index in [4.69, 9.17) is 5.73 Å². The highest BCUT2D eigenvalue weighted by Crippen LogP contribution is 2.31. The van der Waals surface area contributed by atoms with E-state index in [1.54, 1.807) is 12.3 Å². The number of likely N-dealkylation sites (N-methyl/N-ethyl adjacent to an activating group) is 1. The largest absolute Gasteiger partial charge is 0.369 e. The van der Waals surface area contributed by atoms with Crippen LogP contribution in [0.2, 0.25) is 0 Å². The molecule has 2 atom stereocenters. The first-order chi connectivity index (χ1) is 12.8. The molecule has 3 N–H and O–H groups in total. The van der Waals surface area contributed by atoms with E-state index in [-0.39, 0.29) is 11.9 Å². The highest BCUT2D eigenvalue weighted by molar-refractivity contribution is 6.08. The van der Waals surface area contributed by atoms with Crippen molar-refractivity contribution >= 4 is 28.4 Å². The van der Waals surface area contributed by atoms with Crippen LogP contribution >= 0.6 is 0 Å². The molecular formula is C20H27N5O2. The minimum atomic E-state index is -0.480. The normalized spacial score (nSPS) is 20.1. The van der Waals surface area contributed by atoms with Crippen LogP contribution in [-0.2, 0) is 4.79 Å². The van der Waals surface area contributed by atoms with Gasteiger partial charge in [-0.25, -0.2) is 0 Å². The number of piperidine rings is 1. The average Bonchev–Trinajstić information content (AvgIpc) is 2.59. The number of pyridine rings is 1. The number of benzene rings is 1. The predicted molar refractivity (Wildman–Crippen MR) is 107 cm³/mol. The molecular weight excluding hydrogens is 342 g/mol. The van der Waals surface area contributed by atoms with Crippen LogP contribution in [-0.4, -0.2) is 61.5 Å². The van der Waals surface area contributed by atoms with Crippen molar-refractivity contribution in [2.45, 2.75) is 19.4 Å². The van der Waals surface area contributed by atoms with Gasteiger partial charge in [0.2, 0.25) is 5.91 Å². The third-order valence-corrected chi connectivity index (χ3v) is 4.84. The smallest absolute Gasteiger partial charge is 0.250 e. The molecule has 0 radical (unpaired) electrons. The zero-order chi connectivity index (χ0) is 19.6. The fourth-order valence-electron chi connectivity index (χ4n) is 3.85. The Balaban J connectivity index is 1.88. The first-order valence-corrected chi connectivity index (χ1v) is 9.21. The monoisotopic (exact) mass is 369 g/mol. The summed E-state index contributed by atoms with van der Waals surface area (Å²) in [4.78, 5) is 32.4. The standard InChI is InChI=1S/C20H27N5O2/c1-13-9-14(23-18(26)12-24(2)3)11-25(10-13)17-7-6-16(20(21)27)19-15(17)5-4-8-22-19/h4-8,13-14H,9-12H2,1-3H3,(H2,21,27)(H,23,26). The Labute approximate surface area is 159 Å². The zero-order valence-corrected chi connectivity index (χ0v) is 16.1. The molecule has 1 saturated heterocycles. The molecule has 1 aliphatic rings. The van der Waals surface area contributed by atoms with Gasteiger partial charge in [-0.1, -0.05) is 6.92 Å². The SMILES string of the molecule is CC1CC(NC(=O)CN(C)C)CN(c2ccc(C(N)=O)c3ncccc23)C1. The van der Waals surface area contributed by atoms with Gasteiger partial charge in [-0.05, 0) is 50.7 Å². The number of anilines is 1. The van der Waals surface area contributed by atoms with Crippen molar-refractivity contribution in [3.05, 3.63) is 36.0 Å². The fraction of sp³-hybridized carbons (Fsp3) is 0.450. The number of carbonyl (C=O) groups is 2. The Morgan fingerprint density at radius 2 is 2.07 bits per heavy atom. The van der Waals surface area contributed by atoms with E-state index in [9.17, 15) is 9.59 Å². The average molecular weight is 369 g/mol. The van der Waals surface area contributed by atoms with Crippen molar-refractivity contribution in [3.63, 3.8) is 0 Å². The number of nitrogens with two attached hydrogens (primary N) is 1. The first kappa shape index (κ1) is 19.1. The second-order valence-corrected chi connectivity index (χ2v) is 7.64. The Morgan fingerprint density at radius 3 is 2.78 bits per heavy atom. The summed E-state index contributed by atoms with van der Waals surface area (Å²) in [5.41, 5.74) is 7.56. The lowest BCUT2D eigenvalue weighted by molar-refractivity contribution is -0.122.